The van der Waals surface area contributed by atoms with E-state index in [0.717, 1.165) is 5.56 Å². The fourth-order valence-corrected chi connectivity index (χ4v) is 5.29. The van der Waals surface area contributed by atoms with Gasteiger partial charge in [-0.1, -0.05) is 30.3 Å². The van der Waals surface area contributed by atoms with Gasteiger partial charge in [0.25, 0.3) is 5.92 Å². The number of carbonyl (C=O) groups excluding carboxylic acids is 1. The zero-order valence-corrected chi connectivity index (χ0v) is 11.1. The Hall–Kier alpha value is -1.45. The third-order valence-corrected chi connectivity index (χ3v) is 6.05. The van der Waals surface area contributed by atoms with Crippen LogP contribution in [0.1, 0.15) is 31.2 Å². The number of hydrogen-bond donors (Lipinski definition) is 1. The summed E-state index contributed by atoms with van der Waals surface area (Å²) in [4.78, 5) is 11.9. The Morgan fingerprint density at radius 1 is 1.15 bits per heavy atom. The third kappa shape index (κ3) is 1.21. The lowest BCUT2D eigenvalue weighted by molar-refractivity contribution is -0.134. The van der Waals surface area contributed by atoms with Crippen molar-refractivity contribution in [3.8, 4) is 0 Å². The molecular formula is C16H17F2NO. The summed E-state index contributed by atoms with van der Waals surface area (Å²) in [7, 11) is 0. The summed E-state index contributed by atoms with van der Waals surface area (Å²) < 4.78 is 28.8. The molecule has 4 saturated carbocycles. The largest absolute Gasteiger partial charge is 0.369 e. The standard InChI is InChI=1S/C16H17F2NO/c17-16(18)11-6-14(10-4-2-1-3-5-10)8-12(16)15(7-11,9-14)13(19)20/h1-5,11-12H,6-9H2,(H2,19,20). The maximum Gasteiger partial charge on any atom is 0.254 e. The Bertz CT molecular complexity index is 587. The minimum absolute atomic E-state index is 0.272. The second kappa shape index (κ2) is 3.41. The van der Waals surface area contributed by atoms with E-state index in [1.54, 1.807) is 0 Å². The van der Waals surface area contributed by atoms with Crippen molar-refractivity contribution < 1.29 is 13.6 Å². The van der Waals surface area contributed by atoms with E-state index in [9.17, 15) is 13.6 Å². The highest BCUT2D eigenvalue weighted by molar-refractivity contribution is 5.83. The summed E-state index contributed by atoms with van der Waals surface area (Å²) in [6.45, 7) is 0. The first-order chi connectivity index (χ1) is 9.41. The molecule has 4 atom stereocenters. The van der Waals surface area contributed by atoms with E-state index >= 15 is 0 Å². The second-order valence-corrected chi connectivity index (χ2v) is 6.88. The Morgan fingerprint density at radius 2 is 1.85 bits per heavy atom. The minimum Gasteiger partial charge on any atom is -0.369 e. The highest BCUT2D eigenvalue weighted by atomic mass is 19.3. The smallest absolute Gasteiger partial charge is 0.254 e. The van der Waals surface area contributed by atoms with Crippen molar-refractivity contribution >= 4 is 5.91 Å². The SMILES string of the molecule is NC(=O)C12CC3CC(c4ccccc4)(CC1C3(F)F)C2. The molecule has 1 amide bonds. The second-order valence-electron chi connectivity index (χ2n) is 6.88. The van der Waals surface area contributed by atoms with E-state index in [4.69, 9.17) is 5.73 Å². The molecular weight excluding hydrogens is 260 g/mol. The van der Waals surface area contributed by atoms with E-state index in [0.29, 0.717) is 19.3 Å². The number of hydrogen-bond acceptors (Lipinski definition) is 1. The molecule has 4 fully saturated rings. The van der Waals surface area contributed by atoms with Crippen molar-refractivity contribution in [2.24, 2.45) is 23.0 Å². The number of primary amides is 1. The number of halogens is 2. The molecule has 106 valence electrons. The summed E-state index contributed by atoms with van der Waals surface area (Å²) in [5.74, 6) is -4.82. The van der Waals surface area contributed by atoms with E-state index in [2.05, 4.69) is 0 Å². The first-order valence-corrected chi connectivity index (χ1v) is 7.14. The van der Waals surface area contributed by atoms with Crippen LogP contribution in [0.25, 0.3) is 0 Å². The molecule has 1 aromatic rings. The van der Waals surface area contributed by atoms with Crippen molar-refractivity contribution in [2.75, 3.05) is 0 Å². The van der Waals surface area contributed by atoms with Crippen molar-refractivity contribution in [1.29, 1.82) is 0 Å². The number of rotatable bonds is 2. The third-order valence-electron chi connectivity index (χ3n) is 6.05. The van der Waals surface area contributed by atoms with Gasteiger partial charge >= 0.3 is 0 Å². The first kappa shape index (κ1) is 12.3. The number of alkyl halides is 2. The van der Waals surface area contributed by atoms with Crippen LogP contribution in [0.5, 0.6) is 0 Å². The number of benzene rings is 1. The van der Waals surface area contributed by atoms with Gasteiger partial charge in [0, 0.05) is 11.8 Å². The van der Waals surface area contributed by atoms with Gasteiger partial charge in [0.2, 0.25) is 5.91 Å². The Labute approximate surface area is 116 Å². The zero-order valence-electron chi connectivity index (χ0n) is 11.1. The summed E-state index contributed by atoms with van der Waals surface area (Å²) >= 11 is 0. The fraction of sp³-hybridized carbons (Fsp3) is 0.562. The molecule has 2 nitrogen and oxygen atoms in total. The van der Waals surface area contributed by atoms with Crippen LogP contribution < -0.4 is 5.73 Å². The molecule has 0 heterocycles. The molecule has 4 heteroatoms. The van der Waals surface area contributed by atoms with Crippen molar-refractivity contribution in [1.82, 2.24) is 0 Å². The molecule has 0 saturated heterocycles. The normalized spacial score (nSPS) is 43.9. The molecule has 0 spiro atoms. The average molecular weight is 277 g/mol. The number of carbonyl (C=O) groups is 1. The maximum atomic E-state index is 14.4. The average Bonchev–Trinajstić information content (AvgIpc) is 2.77. The van der Waals surface area contributed by atoms with E-state index in [1.807, 2.05) is 30.3 Å². The minimum atomic E-state index is -2.73. The predicted octanol–water partition coefficient (Wildman–Crippen LogP) is 2.87. The molecule has 4 aliphatic rings. The van der Waals surface area contributed by atoms with Gasteiger partial charge in [0.15, 0.2) is 0 Å². The Balaban J connectivity index is 1.85. The van der Waals surface area contributed by atoms with Gasteiger partial charge in [0.05, 0.1) is 5.41 Å². The quantitative estimate of drug-likeness (QED) is 0.887. The topological polar surface area (TPSA) is 43.1 Å². The monoisotopic (exact) mass is 277 g/mol. The Morgan fingerprint density at radius 3 is 2.45 bits per heavy atom. The van der Waals surface area contributed by atoms with Crippen LogP contribution in [0.3, 0.4) is 0 Å². The first-order valence-electron chi connectivity index (χ1n) is 7.14. The molecule has 4 bridgehead atoms. The highest BCUT2D eigenvalue weighted by Crippen LogP contribution is 2.75. The molecule has 4 aliphatic carbocycles. The van der Waals surface area contributed by atoms with Gasteiger partial charge in [-0.05, 0) is 36.7 Å². The summed E-state index contributed by atoms with van der Waals surface area (Å²) in [6.07, 6.45) is 1.64. The van der Waals surface area contributed by atoms with E-state index in [-0.39, 0.29) is 11.8 Å². The van der Waals surface area contributed by atoms with Crippen LogP contribution in [0, 0.1) is 17.3 Å². The molecule has 0 aromatic heterocycles. The molecule has 5 rings (SSSR count). The van der Waals surface area contributed by atoms with Crippen LogP contribution in [0.15, 0.2) is 30.3 Å². The lowest BCUT2D eigenvalue weighted by Crippen LogP contribution is -2.42. The lowest BCUT2D eigenvalue weighted by Gasteiger charge is -2.42. The molecule has 4 unspecified atom stereocenters. The predicted molar refractivity (Wildman–Crippen MR) is 70.1 cm³/mol. The highest BCUT2D eigenvalue weighted by Gasteiger charge is 2.77. The number of amides is 1. The van der Waals surface area contributed by atoms with Crippen molar-refractivity contribution in [2.45, 2.75) is 37.0 Å². The summed E-state index contributed by atoms with van der Waals surface area (Å²) in [5, 5.41) is 0. The van der Waals surface area contributed by atoms with Gasteiger partial charge < -0.3 is 5.73 Å². The van der Waals surface area contributed by atoms with Gasteiger partial charge in [-0.25, -0.2) is 8.78 Å². The lowest BCUT2D eigenvalue weighted by atomic mass is 9.63. The van der Waals surface area contributed by atoms with Crippen LogP contribution in [-0.4, -0.2) is 11.8 Å². The van der Waals surface area contributed by atoms with Crippen LogP contribution in [0.2, 0.25) is 0 Å². The summed E-state index contributed by atoms with van der Waals surface area (Å²) in [5.41, 5.74) is 5.38. The van der Waals surface area contributed by atoms with Gasteiger partial charge in [-0.3, -0.25) is 4.79 Å². The van der Waals surface area contributed by atoms with Crippen LogP contribution >= 0.6 is 0 Å². The number of nitrogens with two attached hydrogens (primary N) is 1. The van der Waals surface area contributed by atoms with Gasteiger partial charge in [-0.2, -0.15) is 0 Å². The van der Waals surface area contributed by atoms with E-state index in [1.165, 1.54) is 0 Å². The molecule has 1 aromatic carbocycles. The summed E-state index contributed by atoms with van der Waals surface area (Å²) in [6, 6.07) is 9.80. The van der Waals surface area contributed by atoms with Crippen molar-refractivity contribution in [3.05, 3.63) is 35.9 Å². The molecule has 0 radical (unpaired) electrons. The molecule has 2 N–H and O–H groups in total. The molecule has 0 aliphatic heterocycles. The van der Waals surface area contributed by atoms with Crippen LogP contribution in [0.4, 0.5) is 8.78 Å². The fourth-order valence-electron chi connectivity index (χ4n) is 5.29. The maximum absolute atomic E-state index is 14.4. The van der Waals surface area contributed by atoms with Crippen molar-refractivity contribution in [3.63, 3.8) is 0 Å². The van der Waals surface area contributed by atoms with Gasteiger partial charge in [0.1, 0.15) is 0 Å². The van der Waals surface area contributed by atoms with Gasteiger partial charge in [-0.15, -0.1) is 0 Å². The van der Waals surface area contributed by atoms with E-state index < -0.39 is 29.1 Å². The zero-order chi connectivity index (χ0) is 14.2. The van der Waals surface area contributed by atoms with Crippen LogP contribution in [-0.2, 0) is 10.2 Å². The molecule has 20 heavy (non-hydrogen) atoms. The Kier molecular flexibility index (Phi) is 2.10.